The van der Waals surface area contributed by atoms with Crippen molar-refractivity contribution in [2.45, 2.75) is 43.7 Å². The molecular formula is C15H25N3O2S. The zero-order chi connectivity index (χ0) is 15.6. The summed E-state index contributed by atoms with van der Waals surface area (Å²) in [6.07, 6.45) is 2.14. The third-order valence-electron chi connectivity index (χ3n) is 4.33. The summed E-state index contributed by atoms with van der Waals surface area (Å²) in [4.78, 5) is 2.69. The lowest BCUT2D eigenvalue weighted by molar-refractivity contribution is 0.190. The summed E-state index contributed by atoms with van der Waals surface area (Å²) in [7, 11) is 0.171. The van der Waals surface area contributed by atoms with E-state index in [4.69, 9.17) is 0 Å². The van der Waals surface area contributed by atoms with Crippen LogP contribution >= 0.6 is 0 Å². The van der Waals surface area contributed by atoms with Crippen LogP contribution in [0.15, 0.2) is 23.1 Å². The minimum absolute atomic E-state index is 0.343. The van der Waals surface area contributed by atoms with E-state index < -0.39 is 10.0 Å². The molecule has 0 aromatic heterocycles. The van der Waals surface area contributed by atoms with E-state index in [9.17, 15) is 8.42 Å². The Balaban J connectivity index is 2.17. The van der Waals surface area contributed by atoms with Crippen LogP contribution in [0.5, 0.6) is 0 Å². The van der Waals surface area contributed by atoms with E-state index in [-0.39, 0.29) is 0 Å². The Hall–Kier alpha value is -1.11. The molecule has 0 bridgehead atoms. The maximum absolute atomic E-state index is 12.0. The zero-order valence-electron chi connectivity index (χ0n) is 13.2. The highest BCUT2D eigenvalue weighted by Crippen LogP contribution is 2.23. The second-order valence-electron chi connectivity index (χ2n) is 5.88. The van der Waals surface area contributed by atoms with Crippen molar-refractivity contribution in [1.82, 2.24) is 9.62 Å². The van der Waals surface area contributed by atoms with E-state index in [0.29, 0.717) is 17.0 Å². The van der Waals surface area contributed by atoms with E-state index in [0.717, 1.165) is 30.6 Å². The maximum atomic E-state index is 12.0. The molecule has 1 fully saturated rings. The number of nitrogens with zero attached hydrogens (tertiary/aromatic N) is 1. The average molecular weight is 311 g/mol. The van der Waals surface area contributed by atoms with Crippen LogP contribution in [0.1, 0.15) is 25.3 Å². The van der Waals surface area contributed by atoms with Crippen molar-refractivity contribution in [1.29, 1.82) is 0 Å². The molecule has 0 amide bonds. The molecule has 1 heterocycles. The van der Waals surface area contributed by atoms with Crippen molar-refractivity contribution < 1.29 is 8.42 Å². The van der Waals surface area contributed by atoms with Gasteiger partial charge in [-0.05, 0) is 58.5 Å². The molecule has 0 aliphatic carbocycles. The van der Waals surface area contributed by atoms with Crippen LogP contribution in [0, 0.1) is 6.92 Å². The lowest BCUT2D eigenvalue weighted by atomic mass is 9.98. The van der Waals surface area contributed by atoms with Gasteiger partial charge in [-0.3, -0.25) is 0 Å². The minimum atomic E-state index is -3.41. The fraction of sp³-hybridized carbons (Fsp3) is 0.600. The molecule has 6 heteroatoms. The van der Waals surface area contributed by atoms with Crippen LogP contribution < -0.4 is 10.0 Å². The quantitative estimate of drug-likeness (QED) is 0.890. The number of nitrogens with one attached hydrogen (secondary N) is 2. The van der Waals surface area contributed by atoms with Gasteiger partial charge in [-0.2, -0.15) is 0 Å². The van der Waals surface area contributed by atoms with Crippen molar-refractivity contribution in [3.05, 3.63) is 23.8 Å². The molecule has 5 nitrogen and oxygen atoms in total. The van der Waals surface area contributed by atoms with E-state index in [1.165, 1.54) is 7.05 Å². The SMILES string of the molecule is CNS(=O)(=O)c1cc(NC2CCN(C)C(C)C2)ccc1C. The molecule has 21 heavy (non-hydrogen) atoms. The summed E-state index contributed by atoms with van der Waals surface area (Å²) in [5.41, 5.74) is 1.63. The first-order chi connectivity index (χ1) is 9.83. The van der Waals surface area contributed by atoms with Crippen molar-refractivity contribution in [3.63, 3.8) is 0 Å². The molecule has 2 N–H and O–H groups in total. The number of piperidine rings is 1. The number of rotatable bonds is 4. The predicted molar refractivity (Wildman–Crippen MR) is 86.2 cm³/mol. The van der Waals surface area contributed by atoms with Crippen LogP contribution in [0.4, 0.5) is 5.69 Å². The Morgan fingerprint density at radius 3 is 2.67 bits per heavy atom. The molecule has 0 spiro atoms. The summed E-state index contributed by atoms with van der Waals surface area (Å²) >= 11 is 0. The van der Waals surface area contributed by atoms with E-state index in [1.807, 2.05) is 19.1 Å². The maximum Gasteiger partial charge on any atom is 0.240 e. The number of benzene rings is 1. The first-order valence-corrected chi connectivity index (χ1v) is 8.83. The van der Waals surface area contributed by atoms with Gasteiger partial charge in [-0.25, -0.2) is 13.1 Å². The Kier molecular flexibility index (Phi) is 4.91. The van der Waals surface area contributed by atoms with Gasteiger partial charge in [-0.1, -0.05) is 6.07 Å². The van der Waals surface area contributed by atoms with E-state index in [2.05, 4.69) is 28.9 Å². The second-order valence-corrected chi connectivity index (χ2v) is 7.74. The lowest BCUT2D eigenvalue weighted by Gasteiger charge is -2.35. The highest BCUT2D eigenvalue weighted by atomic mass is 32.2. The lowest BCUT2D eigenvalue weighted by Crippen LogP contribution is -2.42. The van der Waals surface area contributed by atoms with Crippen LogP contribution in [0.2, 0.25) is 0 Å². The van der Waals surface area contributed by atoms with Gasteiger partial charge in [0.25, 0.3) is 0 Å². The zero-order valence-corrected chi connectivity index (χ0v) is 14.0. The summed E-state index contributed by atoms with van der Waals surface area (Å²) in [6, 6.07) is 6.47. The molecule has 0 saturated carbocycles. The van der Waals surface area contributed by atoms with Gasteiger partial charge in [-0.15, -0.1) is 0 Å². The highest BCUT2D eigenvalue weighted by molar-refractivity contribution is 7.89. The Bertz CT molecular complexity index is 601. The van der Waals surface area contributed by atoms with Gasteiger partial charge >= 0.3 is 0 Å². The largest absolute Gasteiger partial charge is 0.382 e. The predicted octanol–water partition coefficient (Wildman–Crippen LogP) is 1.80. The van der Waals surface area contributed by atoms with Gasteiger partial charge in [0.05, 0.1) is 4.90 Å². The summed E-state index contributed by atoms with van der Waals surface area (Å²) in [6.45, 7) is 5.10. The fourth-order valence-corrected chi connectivity index (χ4v) is 3.74. The highest BCUT2D eigenvalue weighted by Gasteiger charge is 2.23. The molecule has 1 aliphatic rings. The normalized spacial score (nSPS) is 24.0. The number of sulfonamides is 1. The van der Waals surface area contributed by atoms with Crippen LogP contribution in [-0.4, -0.2) is 46.0 Å². The van der Waals surface area contributed by atoms with Gasteiger partial charge in [0.2, 0.25) is 10.0 Å². The molecule has 1 saturated heterocycles. The van der Waals surface area contributed by atoms with Crippen LogP contribution in [0.3, 0.4) is 0 Å². The van der Waals surface area contributed by atoms with Crippen molar-refractivity contribution in [3.8, 4) is 0 Å². The molecular weight excluding hydrogens is 286 g/mol. The first-order valence-electron chi connectivity index (χ1n) is 7.34. The standard InChI is InChI=1S/C15H25N3O2S/c1-11-5-6-13(10-15(11)21(19,20)16-3)17-14-7-8-18(4)12(2)9-14/h5-6,10,12,14,16-17H,7-9H2,1-4H3. The van der Waals surface area contributed by atoms with Crippen molar-refractivity contribution in [2.24, 2.45) is 0 Å². The topological polar surface area (TPSA) is 61.4 Å². The number of hydrogen-bond acceptors (Lipinski definition) is 4. The molecule has 2 unspecified atom stereocenters. The van der Waals surface area contributed by atoms with E-state index in [1.54, 1.807) is 6.07 Å². The minimum Gasteiger partial charge on any atom is -0.382 e. The molecule has 2 atom stereocenters. The van der Waals surface area contributed by atoms with Crippen molar-refractivity contribution >= 4 is 15.7 Å². The van der Waals surface area contributed by atoms with Crippen molar-refractivity contribution in [2.75, 3.05) is 26.0 Å². The van der Waals surface area contributed by atoms with Crippen LogP contribution in [0.25, 0.3) is 0 Å². The molecule has 1 aromatic carbocycles. The number of aryl methyl sites for hydroxylation is 1. The summed E-state index contributed by atoms with van der Waals surface area (Å²) in [5, 5.41) is 3.48. The second kappa shape index (κ2) is 6.34. The molecule has 2 rings (SSSR count). The summed E-state index contributed by atoms with van der Waals surface area (Å²) < 4.78 is 26.4. The van der Waals surface area contributed by atoms with E-state index >= 15 is 0 Å². The fourth-order valence-electron chi connectivity index (χ4n) is 2.75. The smallest absolute Gasteiger partial charge is 0.240 e. The van der Waals surface area contributed by atoms with Gasteiger partial charge < -0.3 is 10.2 Å². The Morgan fingerprint density at radius 1 is 1.33 bits per heavy atom. The molecule has 118 valence electrons. The first kappa shape index (κ1) is 16.3. The third-order valence-corrected chi connectivity index (χ3v) is 5.88. The number of likely N-dealkylation sites (tertiary alicyclic amines) is 1. The third kappa shape index (κ3) is 3.75. The van der Waals surface area contributed by atoms with Crippen LogP contribution in [-0.2, 0) is 10.0 Å². The van der Waals surface area contributed by atoms with Gasteiger partial charge in [0.1, 0.15) is 0 Å². The number of hydrogen-bond donors (Lipinski definition) is 2. The van der Waals surface area contributed by atoms with Gasteiger partial charge in [0.15, 0.2) is 0 Å². The molecule has 1 aromatic rings. The number of anilines is 1. The Morgan fingerprint density at radius 2 is 2.05 bits per heavy atom. The average Bonchev–Trinajstić information content (AvgIpc) is 2.45. The monoisotopic (exact) mass is 311 g/mol. The Labute approximate surface area is 127 Å². The molecule has 0 radical (unpaired) electrons. The van der Waals surface area contributed by atoms with Gasteiger partial charge in [0, 0.05) is 24.3 Å². The molecule has 1 aliphatic heterocycles. The summed E-state index contributed by atoms with van der Waals surface area (Å²) in [5.74, 6) is 0.